The molecule has 4 rings (SSSR count). The molecule has 0 bridgehead atoms. The van der Waals surface area contributed by atoms with Crippen LogP contribution in [0.1, 0.15) is 38.3 Å². The van der Waals surface area contributed by atoms with E-state index in [4.69, 9.17) is 4.74 Å². The molecule has 0 aliphatic carbocycles. The summed E-state index contributed by atoms with van der Waals surface area (Å²) in [5.74, 6) is -0.372. The maximum atomic E-state index is 12.9. The van der Waals surface area contributed by atoms with E-state index in [2.05, 4.69) is 10.6 Å². The summed E-state index contributed by atoms with van der Waals surface area (Å²) < 4.78 is 5.25. The van der Waals surface area contributed by atoms with Gasteiger partial charge in [-0.3, -0.25) is 19.3 Å². The number of ether oxygens (including phenoxy) is 1. The van der Waals surface area contributed by atoms with E-state index in [1.807, 2.05) is 54.6 Å². The first kappa shape index (κ1) is 26.1. The standard InChI is InChI=1S/C29H31N3O5/c1-37-22-11-7-10-21(16-22)18-30-19-26(33)25(17-20-8-3-2-4-9-20)31-27(34)14-15-32-28(35)23-12-5-6-13-24(23)29(32)36/h2-13,16,25-26,30,33H,14-15,17-19H2,1H3,(H,31,34)/t25-,26+/m0/s1. The zero-order valence-electron chi connectivity index (χ0n) is 20.7. The number of benzene rings is 3. The van der Waals surface area contributed by atoms with Crippen LogP contribution in [0, 0.1) is 0 Å². The molecule has 8 nitrogen and oxygen atoms in total. The van der Waals surface area contributed by atoms with Crippen LogP contribution in [0.4, 0.5) is 0 Å². The Hall–Kier alpha value is -4.01. The first-order valence-electron chi connectivity index (χ1n) is 12.3. The van der Waals surface area contributed by atoms with Gasteiger partial charge in [-0.05, 0) is 41.8 Å². The first-order chi connectivity index (χ1) is 18.0. The first-order valence-corrected chi connectivity index (χ1v) is 12.3. The molecule has 37 heavy (non-hydrogen) atoms. The fourth-order valence-corrected chi connectivity index (χ4v) is 4.37. The summed E-state index contributed by atoms with van der Waals surface area (Å²) in [5.41, 5.74) is 2.69. The summed E-state index contributed by atoms with van der Waals surface area (Å²) in [5, 5.41) is 17.1. The van der Waals surface area contributed by atoms with Gasteiger partial charge in [0.2, 0.25) is 5.91 Å². The van der Waals surface area contributed by atoms with Crippen LogP contribution in [0.15, 0.2) is 78.9 Å². The van der Waals surface area contributed by atoms with E-state index in [-0.39, 0.29) is 25.4 Å². The zero-order valence-corrected chi connectivity index (χ0v) is 20.7. The monoisotopic (exact) mass is 501 g/mol. The molecule has 0 fully saturated rings. The molecule has 1 aliphatic heterocycles. The van der Waals surface area contributed by atoms with E-state index in [1.165, 1.54) is 0 Å². The largest absolute Gasteiger partial charge is 0.497 e. The number of aliphatic hydroxyl groups is 1. The lowest BCUT2D eigenvalue weighted by Gasteiger charge is -2.25. The quantitative estimate of drug-likeness (QED) is 0.329. The van der Waals surface area contributed by atoms with Crippen molar-refractivity contribution in [2.45, 2.75) is 31.5 Å². The highest BCUT2D eigenvalue weighted by atomic mass is 16.5. The Bertz CT molecular complexity index is 1210. The Morgan fingerprint density at radius 2 is 1.57 bits per heavy atom. The van der Waals surface area contributed by atoms with Crippen LogP contribution in [0.25, 0.3) is 0 Å². The second-order valence-electron chi connectivity index (χ2n) is 8.97. The number of carbonyl (C=O) groups excluding carboxylic acids is 3. The van der Waals surface area contributed by atoms with Crippen LogP contribution < -0.4 is 15.4 Å². The minimum Gasteiger partial charge on any atom is -0.497 e. The Labute approximate surface area is 216 Å². The van der Waals surface area contributed by atoms with E-state index in [0.717, 1.165) is 21.8 Å². The molecule has 3 aromatic rings. The summed E-state index contributed by atoms with van der Waals surface area (Å²) in [7, 11) is 1.61. The fraction of sp³-hybridized carbons (Fsp3) is 0.276. The number of nitrogens with zero attached hydrogens (tertiary/aromatic N) is 1. The van der Waals surface area contributed by atoms with E-state index in [9.17, 15) is 19.5 Å². The average Bonchev–Trinajstić information content (AvgIpc) is 3.17. The van der Waals surface area contributed by atoms with Crippen LogP contribution in [-0.2, 0) is 17.8 Å². The molecule has 0 spiro atoms. The van der Waals surface area contributed by atoms with Crippen molar-refractivity contribution in [1.29, 1.82) is 0 Å². The second-order valence-corrected chi connectivity index (χ2v) is 8.97. The lowest BCUT2D eigenvalue weighted by molar-refractivity contribution is -0.122. The number of methoxy groups -OCH3 is 1. The molecule has 3 N–H and O–H groups in total. The number of hydrogen-bond acceptors (Lipinski definition) is 6. The third-order valence-electron chi connectivity index (χ3n) is 6.37. The van der Waals surface area contributed by atoms with Crippen molar-refractivity contribution in [1.82, 2.24) is 15.5 Å². The molecule has 1 aliphatic rings. The van der Waals surface area contributed by atoms with Crippen LogP contribution in [0.3, 0.4) is 0 Å². The smallest absolute Gasteiger partial charge is 0.261 e. The molecular weight excluding hydrogens is 470 g/mol. The number of fused-ring (bicyclic) bond motifs is 1. The third kappa shape index (κ3) is 6.61. The molecular formula is C29H31N3O5. The van der Waals surface area contributed by atoms with Crippen LogP contribution in [0.5, 0.6) is 5.75 Å². The van der Waals surface area contributed by atoms with E-state index in [1.54, 1.807) is 31.4 Å². The predicted molar refractivity (Wildman–Crippen MR) is 139 cm³/mol. The molecule has 192 valence electrons. The van der Waals surface area contributed by atoms with Crippen molar-refractivity contribution in [2.24, 2.45) is 0 Å². The molecule has 3 amide bonds. The summed E-state index contributed by atoms with van der Waals surface area (Å²) >= 11 is 0. The van der Waals surface area contributed by atoms with Crippen LogP contribution >= 0.6 is 0 Å². The maximum Gasteiger partial charge on any atom is 0.261 e. The highest BCUT2D eigenvalue weighted by Gasteiger charge is 2.35. The van der Waals surface area contributed by atoms with Gasteiger partial charge in [0, 0.05) is 26.1 Å². The lowest BCUT2D eigenvalue weighted by atomic mass is 10.0. The summed E-state index contributed by atoms with van der Waals surface area (Å²) in [4.78, 5) is 39.1. The molecule has 0 saturated carbocycles. The number of hydrogen-bond donors (Lipinski definition) is 3. The fourth-order valence-electron chi connectivity index (χ4n) is 4.37. The molecule has 2 atom stereocenters. The van der Waals surface area contributed by atoms with Gasteiger partial charge in [0.25, 0.3) is 11.8 Å². The Balaban J connectivity index is 1.34. The Kier molecular flexibility index (Phi) is 8.66. The molecule has 8 heteroatoms. The normalized spacial score (nSPS) is 14.3. The minimum atomic E-state index is -0.867. The van der Waals surface area contributed by atoms with Crippen LogP contribution in [-0.4, -0.2) is 60.1 Å². The number of amides is 3. The number of imide groups is 1. The van der Waals surface area contributed by atoms with Gasteiger partial charge in [-0.1, -0.05) is 54.6 Å². The molecule has 0 unspecified atom stereocenters. The highest BCUT2D eigenvalue weighted by molar-refractivity contribution is 6.21. The average molecular weight is 502 g/mol. The summed E-state index contributed by atoms with van der Waals surface area (Å²) in [6, 6.07) is 23.3. The minimum absolute atomic E-state index is 0.0274. The van der Waals surface area contributed by atoms with Gasteiger partial charge < -0.3 is 20.5 Å². The molecule has 0 saturated heterocycles. The number of rotatable bonds is 12. The number of nitrogens with one attached hydrogen (secondary N) is 2. The van der Waals surface area contributed by atoms with Gasteiger partial charge in [-0.15, -0.1) is 0 Å². The van der Waals surface area contributed by atoms with E-state index >= 15 is 0 Å². The molecule has 1 heterocycles. The lowest BCUT2D eigenvalue weighted by Crippen LogP contribution is -2.49. The molecule has 0 aromatic heterocycles. The van der Waals surface area contributed by atoms with Crippen LogP contribution in [0.2, 0.25) is 0 Å². The predicted octanol–water partition coefficient (Wildman–Crippen LogP) is 2.56. The third-order valence-corrected chi connectivity index (χ3v) is 6.37. The van der Waals surface area contributed by atoms with Gasteiger partial charge in [0.15, 0.2) is 0 Å². The van der Waals surface area contributed by atoms with Crippen molar-refractivity contribution in [3.8, 4) is 5.75 Å². The summed E-state index contributed by atoms with van der Waals surface area (Å²) in [6.07, 6.45) is -0.489. The van der Waals surface area contributed by atoms with Gasteiger partial charge in [0.05, 0.1) is 30.4 Å². The molecule has 0 radical (unpaired) electrons. The zero-order chi connectivity index (χ0) is 26.2. The van der Waals surface area contributed by atoms with Gasteiger partial charge in [-0.2, -0.15) is 0 Å². The maximum absolute atomic E-state index is 12.9. The number of carbonyl (C=O) groups is 3. The van der Waals surface area contributed by atoms with Crippen molar-refractivity contribution < 1.29 is 24.2 Å². The van der Waals surface area contributed by atoms with E-state index in [0.29, 0.717) is 24.1 Å². The summed E-state index contributed by atoms with van der Waals surface area (Å²) in [6.45, 7) is 0.758. The van der Waals surface area contributed by atoms with Gasteiger partial charge in [-0.25, -0.2) is 0 Å². The molecule has 3 aromatic carbocycles. The number of aliphatic hydroxyl groups excluding tert-OH is 1. The van der Waals surface area contributed by atoms with Gasteiger partial charge >= 0.3 is 0 Å². The van der Waals surface area contributed by atoms with Crippen molar-refractivity contribution in [3.05, 3.63) is 101 Å². The van der Waals surface area contributed by atoms with E-state index < -0.39 is 24.0 Å². The SMILES string of the molecule is COc1cccc(CNC[C@@H](O)[C@H](Cc2ccccc2)NC(=O)CCN2C(=O)c3ccccc3C2=O)c1. The van der Waals surface area contributed by atoms with Crippen molar-refractivity contribution >= 4 is 17.7 Å². The van der Waals surface area contributed by atoms with Gasteiger partial charge in [0.1, 0.15) is 5.75 Å². The Morgan fingerprint density at radius 1 is 0.919 bits per heavy atom. The highest BCUT2D eigenvalue weighted by Crippen LogP contribution is 2.22. The topological polar surface area (TPSA) is 108 Å². The van der Waals surface area contributed by atoms with Crippen molar-refractivity contribution in [3.63, 3.8) is 0 Å². The van der Waals surface area contributed by atoms with Crippen molar-refractivity contribution in [2.75, 3.05) is 20.2 Å². The Morgan fingerprint density at radius 3 is 2.24 bits per heavy atom. The second kappa shape index (κ2) is 12.3.